The molecule has 26 heavy (non-hydrogen) atoms. The Kier molecular flexibility index (Phi) is 5.23. The molecule has 1 aliphatic rings. The van der Waals surface area contributed by atoms with Gasteiger partial charge in [-0.2, -0.15) is 0 Å². The molecule has 134 valence electrons. The standard InChI is InChI=1S/C20H17BrO5/c1-11(18(22)12-6-4-3-5-7-12)16-14-10-13(21)8-9-15(14)26-20(24)17(16)19(23)25-2/h3-11,16-17H,1-2H3/t11-,16+,17-/m1/s1. The number of hydrogen-bond donors (Lipinski definition) is 0. The predicted molar refractivity (Wildman–Crippen MR) is 98.0 cm³/mol. The lowest BCUT2D eigenvalue weighted by Crippen LogP contribution is -2.42. The van der Waals surface area contributed by atoms with Gasteiger partial charge in [0.15, 0.2) is 11.7 Å². The molecule has 0 aliphatic carbocycles. The number of benzene rings is 2. The van der Waals surface area contributed by atoms with Gasteiger partial charge in [0.25, 0.3) is 0 Å². The van der Waals surface area contributed by atoms with E-state index in [1.54, 1.807) is 49.4 Å². The topological polar surface area (TPSA) is 69.7 Å². The summed E-state index contributed by atoms with van der Waals surface area (Å²) in [7, 11) is 1.22. The van der Waals surface area contributed by atoms with Gasteiger partial charge in [-0.15, -0.1) is 0 Å². The fraction of sp³-hybridized carbons (Fsp3) is 0.250. The van der Waals surface area contributed by atoms with Crippen LogP contribution >= 0.6 is 15.9 Å². The van der Waals surface area contributed by atoms with E-state index >= 15 is 0 Å². The molecule has 0 saturated carbocycles. The molecule has 2 aromatic carbocycles. The van der Waals surface area contributed by atoms with Crippen molar-refractivity contribution in [3.8, 4) is 5.75 Å². The highest BCUT2D eigenvalue weighted by molar-refractivity contribution is 9.10. The summed E-state index contributed by atoms with van der Waals surface area (Å²) in [5.74, 6) is -3.69. The molecule has 2 aromatic rings. The van der Waals surface area contributed by atoms with E-state index in [2.05, 4.69) is 15.9 Å². The largest absolute Gasteiger partial charge is 0.468 e. The van der Waals surface area contributed by atoms with Gasteiger partial charge in [-0.25, -0.2) is 0 Å². The van der Waals surface area contributed by atoms with Crippen LogP contribution in [0, 0.1) is 11.8 Å². The first-order valence-corrected chi connectivity index (χ1v) is 8.91. The maximum absolute atomic E-state index is 13.0. The zero-order valence-corrected chi connectivity index (χ0v) is 15.9. The van der Waals surface area contributed by atoms with Crippen molar-refractivity contribution in [1.82, 2.24) is 0 Å². The Morgan fingerprint density at radius 3 is 2.50 bits per heavy atom. The first kappa shape index (κ1) is 18.3. The van der Waals surface area contributed by atoms with Crippen molar-refractivity contribution in [2.75, 3.05) is 7.11 Å². The molecule has 6 heteroatoms. The Hall–Kier alpha value is -2.47. The molecule has 0 aromatic heterocycles. The van der Waals surface area contributed by atoms with Crippen LogP contribution in [0.15, 0.2) is 53.0 Å². The molecule has 3 atom stereocenters. The summed E-state index contributed by atoms with van der Waals surface area (Å²) < 4.78 is 10.9. The quantitative estimate of drug-likeness (QED) is 0.328. The summed E-state index contributed by atoms with van der Waals surface area (Å²) in [6, 6.07) is 14.0. The first-order valence-electron chi connectivity index (χ1n) is 8.12. The van der Waals surface area contributed by atoms with Gasteiger partial charge in [-0.1, -0.05) is 53.2 Å². The first-order chi connectivity index (χ1) is 12.4. The number of carbonyl (C=O) groups is 3. The smallest absolute Gasteiger partial charge is 0.326 e. The van der Waals surface area contributed by atoms with Crippen molar-refractivity contribution >= 4 is 33.7 Å². The summed E-state index contributed by atoms with van der Waals surface area (Å²) >= 11 is 3.40. The molecule has 1 heterocycles. The van der Waals surface area contributed by atoms with Crippen molar-refractivity contribution in [3.05, 3.63) is 64.1 Å². The summed E-state index contributed by atoms with van der Waals surface area (Å²) in [6.07, 6.45) is 0. The van der Waals surface area contributed by atoms with E-state index in [-0.39, 0.29) is 5.78 Å². The monoisotopic (exact) mass is 416 g/mol. The molecule has 0 bridgehead atoms. The van der Waals surface area contributed by atoms with Gasteiger partial charge in [0, 0.05) is 27.4 Å². The number of Topliss-reactive ketones (excluding diaryl/α,β-unsaturated/α-hetero) is 1. The average molecular weight is 417 g/mol. The third kappa shape index (κ3) is 3.29. The Bertz CT molecular complexity index is 862. The summed E-state index contributed by atoms with van der Waals surface area (Å²) in [5.41, 5.74) is 1.16. The van der Waals surface area contributed by atoms with E-state index in [4.69, 9.17) is 9.47 Å². The number of fused-ring (bicyclic) bond motifs is 1. The number of halogens is 1. The van der Waals surface area contributed by atoms with Crippen LogP contribution in [0.5, 0.6) is 5.75 Å². The van der Waals surface area contributed by atoms with Gasteiger partial charge in [-0.05, 0) is 18.2 Å². The summed E-state index contributed by atoms with van der Waals surface area (Å²) in [4.78, 5) is 37.8. The van der Waals surface area contributed by atoms with Crippen LogP contribution in [0.4, 0.5) is 0 Å². The van der Waals surface area contributed by atoms with Crippen LogP contribution in [-0.2, 0) is 14.3 Å². The van der Waals surface area contributed by atoms with E-state index in [0.717, 1.165) is 4.47 Å². The minimum Gasteiger partial charge on any atom is -0.468 e. The maximum Gasteiger partial charge on any atom is 0.326 e. The molecule has 5 nitrogen and oxygen atoms in total. The van der Waals surface area contributed by atoms with Crippen LogP contribution in [0.1, 0.15) is 28.8 Å². The lowest BCUT2D eigenvalue weighted by Gasteiger charge is -2.33. The molecule has 0 fully saturated rings. The van der Waals surface area contributed by atoms with Gasteiger partial charge in [0.05, 0.1) is 7.11 Å². The van der Waals surface area contributed by atoms with E-state index in [9.17, 15) is 14.4 Å². The molecule has 0 N–H and O–H groups in total. The third-order valence-electron chi connectivity index (χ3n) is 4.62. The SMILES string of the molecule is COC(=O)[C@@H]1C(=O)Oc2ccc(Br)cc2[C@@H]1[C@@H](C)C(=O)c1ccccc1. The van der Waals surface area contributed by atoms with Crippen molar-refractivity contribution in [3.63, 3.8) is 0 Å². The molecule has 3 rings (SSSR count). The summed E-state index contributed by atoms with van der Waals surface area (Å²) in [5, 5.41) is 0. The van der Waals surface area contributed by atoms with Crippen molar-refractivity contribution < 1.29 is 23.9 Å². The van der Waals surface area contributed by atoms with Crippen LogP contribution in [0.2, 0.25) is 0 Å². The predicted octanol–water partition coefficient (Wildman–Crippen LogP) is 3.76. The highest BCUT2D eigenvalue weighted by Gasteiger charge is 2.47. The van der Waals surface area contributed by atoms with Crippen molar-refractivity contribution in [2.45, 2.75) is 12.8 Å². The van der Waals surface area contributed by atoms with Crippen LogP contribution < -0.4 is 4.74 Å². The molecule has 0 spiro atoms. The number of ether oxygens (including phenoxy) is 2. The molecular weight excluding hydrogens is 400 g/mol. The fourth-order valence-corrected chi connectivity index (χ4v) is 3.71. The van der Waals surface area contributed by atoms with Gasteiger partial charge in [0.1, 0.15) is 5.75 Å². The number of ketones is 1. The number of rotatable bonds is 4. The van der Waals surface area contributed by atoms with E-state index in [1.807, 2.05) is 6.07 Å². The van der Waals surface area contributed by atoms with Crippen molar-refractivity contribution in [2.24, 2.45) is 11.8 Å². The molecule has 0 radical (unpaired) electrons. The summed E-state index contributed by atoms with van der Waals surface area (Å²) in [6.45, 7) is 1.72. The highest BCUT2D eigenvalue weighted by Crippen LogP contribution is 2.44. The van der Waals surface area contributed by atoms with E-state index in [1.165, 1.54) is 7.11 Å². The lowest BCUT2D eigenvalue weighted by atomic mass is 9.73. The molecule has 0 amide bonds. The van der Waals surface area contributed by atoms with E-state index < -0.39 is 29.7 Å². The number of esters is 2. The Balaban J connectivity index is 2.10. The molecular formula is C20H17BrO5. The minimum atomic E-state index is -1.19. The minimum absolute atomic E-state index is 0.148. The Labute approximate surface area is 159 Å². The van der Waals surface area contributed by atoms with Crippen LogP contribution in [0.3, 0.4) is 0 Å². The molecule has 0 unspecified atom stereocenters. The van der Waals surface area contributed by atoms with Gasteiger partial charge in [0.2, 0.25) is 0 Å². The highest BCUT2D eigenvalue weighted by atomic mass is 79.9. The van der Waals surface area contributed by atoms with E-state index in [0.29, 0.717) is 16.9 Å². The Morgan fingerprint density at radius 2 is 1.85 bits per heavy atom. The zero-order valence-electron chi connectivity index (χ0n) is 14.3. The van der Waals surface area contributed by atoms with Crippen LogP contribution in [0.25, 0.3) is 0 Å². The van der Waals surface area contributed by atoms with Crippen LogP contribution in [-0.4, -0.2) is 24.8 Å². The fourth-order valence-electron chi connectivity index (χ4n) is 3.33. The molecule has 0 saturated heterocycles. The van der Waals surface area contributed by atoms with Gasteiger partial charge >= 0.3 is 11.9 Å². The average Bonchev–Trinajstić information content (AvgIpc) is 2.66. The molecule has 1 aliphatic heterocycles. The number of methoxy groups -OCH3 is 1. The second-order valence-corrected chi connectivity index (χ2v) is 7.06. The van der Waals surface area contributed by atoms with Gasteiger partial charge in [-0.3, -0.25) is 14.4 Å². The normalized spacial score (nSPS) is 19.9. The van der Waals surface area contributed by atoms with Crippen molar-refractivity contribution in [1.29, 1.82) is 0 Å². The van der Waals surface area contributed by atoms with Gasteiger partial charge < -0.3 is 9.47 Å². The zero-order chi connectivity index (χ0) is 18.8. The second-order valence-electron chi connectivity index (χ2n) is 6.15. The third-order valence-corrected chi connectivity index (χ3v) is 5.11. The number of hydrogen-bond acceptors (Lipinski definition) is 5. The Morgan fingerprint density at radius 1 is 1.15 bits per heavy atom. The lowest BCUT2D eigenvalue weighted by molar-refractivity contribution is -0.158. The maximum atomic E-state index is 13.0. The number of carbonyl (C=O) groups excluding carboxylic acids is 3. The second kappa shape index (κ2) is 7.41.